The summed E-state index contributed by atoms with van der Waals surface area (Å²) in [6.07, 6.45) is -2.39. The summed E-state index contributed by atoms with van der Waals surface area (Å²) in [5.41, 5.74) is 4.17. The molecule has 1 aliphatic rings. The number of hydrogen-bond acceptors (Lipinski definition) is 8. The Balaban J connectivity index is 1.72. The van der Waals surface area contributed by atoms with Crippen molar-refractivity contribution >= 4 is 40.9 Å². The van der Waals surface area contributed by atoms with Crippen LogP contribution < -0.4 is 5.73 Å². The van der Waals surface area contributed by atoms with Crippen molar-refractivity contribution in [2.24, 2.45) is 5.73 Å². The van der Waals surface area contributed by atoms with Gasteiger partial charge >= 0.3 is 0 Å². The Hall–Kier alpha value is -2.39. The van der Waals surface area contributed by atoms with Crippen LogP contribution in [-0.2, 0) is 14.3 Å². The summed E-state index contributed by atoms with van der Waals surface area (Å²) in [4.78, 5) is 12.1. The SMILES string of the molecule is NC(=O)CO[C@@H]1[C@@H](n2cc(-c3cc(F)c(F)c(F)c3)nn2)[C@@H](O)[C@@H](CO)O[C@@H]1Sc1ccc(Cl)c(Cl)c1. The lowest BCUT2D eigenvalue weighted by Gasteiger charge is -2.43. The maximum Gasteiger partial charge on any atom is 0.243 e. The topological polar surface area (TPSA) is 133 Å². The van der Waals surface area contributed by atoms with Crippen molar-refractivity contribution in [1.29, 1.82) is 0 Å². The van der Waals surface area contributed by atoms with Crippen LogP contribution in [0.25, 0.3) is 11.3 Å². The highest BCUT2D eigenvalue weighted by Crippen LogP contribution is 2.41. The third-order valence-electron chi connectivity index (χ3n) is 5.48. The summed E-state index contributed by atoms with van der Waals surface area (Å²) in [7, 11) is 0. The van der Waals surface area contributed by atoms with Gasteiger partial charge in [0.15, 0.2) is 17.5 Å². The zero-order chi connectivity index (χ0) is 26.9. The van der Waals surface area contributed by atoms with Crippen LogP contribution >= 0.6 is 35.0 Å². The Kier molecular flexibility index (Phi) is 8.63. The van der Waals surface area contributed by atoms with Gasteiger partial charge in [-0.15, -0.1) is 5.10 Å². The summed E-state index contributed by atoms with van der Waals surface area (Å²) in [6.45, 7) is -1.13. The molecule has 0 saturated carbocycles. The van der Waals surface area contributed by atoms with E-state index in [2.05, 4.69) is 10.3 Å². The van der Waals surface area contributed by atoms with Crippen LogP contribution in [-0.4, -0.2) is 68.1 Å². The van der Waals surface area contributed by atoms with Gasteiger partial charge in [0.25, 0.3) is 0 Å². The average molecular weight is 579 g/mol. The van der Waals surface area contributed by atoms with E-state index >= 15 is 0 Å². The molecule has 0 radical (unpaired) electrons. The quantitative estimate of drug-likeness (QED) is 0.347. The number of thioether (sulfide) groups is 1. The van der Waals surface area contributed by atoms with Crippen LogP contribution in [0.4, 0.5) is 13.2 Å². The number of halogens is 5. The molecule has 3 aromatic rings. The highest BCUT2D eigenvalue weighted by atomic mass is 35.5. The van der Waals surface area contributed by atoms with Crippen molar-refractivity contribution in [3.63, 3.8) is 0 Å². The first-order valence-corrected chi connectivity index (χ1v) is 12.2. The number of aromatic nitrogens is 3. The first kappa shape index (κ1) is 27.6. The number of benzene rings is 2. The van der Waals surface area contributed by atoms with Crippen molar-refractivity contribution in [3.05, 3.63) is 64.0 Å². The van der Waals surface area contributed by atoms with Crippen molar-refractivity contribution in [2.75, 3.05) is 13.2 Å². The minimum absolute atomic E-state index is 0.0422. The molecule has 1 amide bonds. The molecule has 2 aromatic carbocycles. The first-order chi connectivity index (χ1) is 17.6. The van der Waals surface area contributed by atoms with E-state index in [1.807, 2.05) is 0 Å². The molecule has 1 aromatic heterocycles. The van der Waals surface area contributed by atoms with Crippen LogP contribution in [0.5, 0.6) is 0 Å². The lowest BCUT2D eigenvalue weighted by Crippen LogP contribution is -2.56. The normalized spacial score (nSPS) is 23.8. The van der Waals surface area contributed by atoms with Crippen LogP contribution in [0.2, 0.25) is 10.0 Å². The zero-order valence-electron chi connectivity index (χ0n) is 18.6. The fraction of sp³-hybridized carbons (Fsp3) is 0.318. The zero-order valence-corrected chi connectivity index (χ0v) is 20.9. The number of nitrogens with two attached hydrogens (primary N) is 1. The smallest absolute Gasteiger partial charge is 0.243 e. The van der Waals surface area contributed by atoms with Gasteiger partial charge in [0.1, 0.15) is 42.1 Å². The van der Waals surface area contributed by atoms with Gasteiger partial charge in [-0.25, -0.2) is 17.9 Å². The number of nitrogens with zero attached hydrogens (tertiary/aromatic N) is 3. The van der Waals surface area contributed by atoms with Crippen LogP contribution in [0.15, 0.2) is 41.4 Å². The summed E-state index contributed by atoms with van der Waals surface area (Å²) < 4.78 is 53.6. The van der Waals surface area contributed by atoms with Crippen molar-refractivity contribution in [3.8, 4) is 11.3 Å². The van der Waals surface area contributed by atoms with E-state index in [4.69, 9.17) is 38.4 Å². The number of primary amides is 1. The number of hydrogen-bond donors (Lipinski definition) is 3. The van der Waals surface area contributed by atoms with Gasteiger partial charge in [0.05, 0.1) is 22.8 Å². The van der Waals surface area contributed by atoms with E-state index in [0.29, 0.717) is 9.92 Å². The Bertz CT molecular complexity index is 1280. The number of ether oxygens (including phenoxy) is 2. The minimum Gasteiger partial charge on any atom is -0.394 e. The van der Waals surface area contributed by atoms with Crippen LogP contribution in [0.3, 0.4) is 0 Å². The number of aliphatic hydroxyl groups is 2. The van der Waals surface area contributed by atoms with E-state index < -0.39 is 66.4 Å². The fourth-order valence-electron chi connectivity index (χ4n) is 3.76. The van der Waals surface area contributed by atoms with Gasteiger partial charge in [-0.2, -0.15) is 0 Å². The van der Waals surface area contributed by atoms with Gasteiger partial charge in [-0.1, -0.05) is 40.2 Å². The summed E-state index contributed by atoms with van der Waals surface area (Å²) in [6, 6.07) is 5.17. The van der Waals surface area contributed by atoms with Crippen molar-refractivity contribution in [1.82, 2.24) is 15.0 Å². The van der Waals surface area contributed by atoms with Gasteiger partial charge < -0.3 is 25.4 Å². The number of carbonyl (C=O) groups is 1. The number of carbonyl (C=O) groups excluding carboxylic acids is 1. The molecule has 0 unspecified atom stereocenters. The first-order valence-electron chi connectivity index (χ1n) is 10.6. The van der Waals surface area contributed by atoms with E-state index in [1.165, 1.54) is 6.20 Å². The molecule has 37 heavy (non-hydrogen) atoms. The molecule has 0 aliphatic carbocycles. The number of amides is 1. The van der Waals surface area contributed by atoms with E-state index in [9.17, 15) is 28.2 Å². The maximum absolute atomic E-state index is 13.8. The molecule has 5 atom stereocenters. The van der Waals surface area contributed by atoms with Gasteiger partial charge in [0.2, 0.25) is 5.91 Å². The lowest BCUT2D eigenvalue weighted by atomic mass is 9.97. The predicted molar refractivity (Wildman–Crippen MR) is 127 cm³/mol. The third-order valence-corrected chi connectivity index (χ3v) is 7.36. The molecule has 1 aliphatic heterocycles. The molecule has 1 saturated heterocycles. The Morgan fingerprint density at radius 1 is 1.19 bits per heavy atom. The third kappa shape index (κ3) is 6.03. The molecule has 4 N–H and O–H groups in total. The monoisotopic (exact) mass is 578 g/mol. The molecule has 1 fully saturated rings. The van der Waals surface area contributed by atoms with Crippen LogP contribution in [0, 0.1) is 17.5 Å². The van der Waals surface area contributed by atoms with E-state index in [-0.39, 0.29) is 16.3 Å². The standard InChI is InChI=1S/C22H19Cl2F3N4O5S/c23-11-2-1-10(5-12(11)24)37-22-21(35-8-17(28)33)19(20(34)16(7-32)36-22)31-6-15(29-30-31)9-3-13(25)18(27)14(26)4-9/h1-6,16,19-22,32,34H,7-8H2,(H2,28,33)/t16-,19+,20+,21-,22-/m1/s1. The molecule has 15 heteroatoms. The van der Waals surface area contributed by atoms with Gasteiger partial charge in [-0.3, -0.25) is 4.79 Å². The Morgan fingerprint density at radius 3 is 2.51 bits per heavy atom. The Labute approximate surface area is 222 Å². The predicted octanol–water partition coefficient (Wildman–Crippen LogP) is 2.95. The highest BCUT2D eigenvalue weighted by molar-refractivity contribution is 7.99. The fourth-order valence-corrected chi connectivity index (χ4v) is 5.29. The average Bonchev–Trinajstić information content (AvgIpc) is 3.34. The largest absolute Gasteiger partial charge is 0.394 e. The van der Waals surface area contributed by atoms with E-state index in [0.717, 1.165) is 28.6 Å². The molecular formula is C22H19Cl2F3N4O5S. The summed E-state index contributed by atoms with van der Waals surface area (Å²) >= 11 is 13.2. The lowest BCUT2D eigenvalue weighted by molar-refractivity contribution is -0.193. The molecule has 0 spiro atoms. The summed E-state index contributed by atoms with van der Waals surface area (Å²) in [5, 5.41) is 29.3. The van der Waals surface area contributed by atoms with Gasteiger partial charge in [0, 0.05) is 10.5 Å². The second-order valence-corrected chi connectivity index (χ2v) is 9.97. The molecule has 2 heterocycles. The summed E-state index contributed by atoms with van der Waals surface area (Å²) in [5.74, 6) is -5.27. The molecular weight excluding hydrogens is 560 g/mol. The highest BCUT2D eigenvalue weighted by Gasteiger charge is 2.48. The maximum atomic E-state index is 13.8. The molecule has 0 bridgehead atoms. The minimum atomic E-state index is -1.64. The molecule has 4 rings (SSSR count). The number of rotatable bonds is 8. The van der Waals surface area contributed by atoms with Gasteiger partial charge in [-0.05, 0) is 30.3 Å². The van der Waals surface area contributed by atoms with Crippen molar-refractivity contribution < 1.29 is 37.7 Å². The number of aliphatic hydroxyl groups excluding tert-OH is 2. The Morgan fingerprint density at radius 2 is 1.89 bits per heavy atom. The molecule has 9 nitrogen and oxygen atoms in total. The second-order valence-electron chi connectivity index (χ2n) is 7.98. The molecule has 198 valence electrons. The van der Waals surface area contributed by atoms with E-state index in [1.54, 1.807) is 18.2 Å². The van der Waals surface area contributed by atoms with Crippen LogP contribution in [0.1, 0.15) is 6.04 Å². The second kappa shape index (κ2) is 11.6. The van der Waals surface area contributed by atoms with Crippen molar-refractivity contribution in [2.45, 2.75) is 34.7 Å².